The topological polar surface area (TPSA) is 38.2 Å². The molecule has 3 aromatic rings. The van der Waals surface area contributed by atoms with Crippen LogP contribution in [0, 0.1) is 0 Å². The molecule has 0 aliphatic carbocycles. The van der Waals surface area contributed by atoms with Crippen LogP contribution in [-0.4, -0.2) is 30.4 Å². The van der Waals surface area contributed by atoms with E-state index in [9.17, 15) is 0 Å². The molecule has 2 heterocycles. The second kappa shape index (κ2) is 7.17. The van der Waals surface area contributed by atoms with Crippen molar-refractivity contribution in [1.29, 1.82) is 0 Å². The second-order valence-corrected chi connectivity index (χ2v) is 6.12. The third-order valence-electron chi connectivity index (χ3n) is 3.23. The lowest BCUT2D eigenvalue weighted by Gasteiger charge is -2.19. The molecule has 0 saturated carbocycles. The van der Waals surface area contributed by atoms with Gasteiger partial charge in [-0.15, -0.1) is 23.7 Å². The zero-order chi connectivity index (χ0) is 14.8. The summed E-state index contributed by atoms with van der Waals surface area (Å²) in [6, 6.07) is 9.99. The summed E-state index contributed by atoms with van der Waals surface area (Å²) in [7, 11) is 3.69. The Kier molecular flexibility index (Phi) is 5.50. The molecule has 0 amide bonds. The average molecular weight is 354 g/mol. The molecule has 116 valence electrons. The minimum atomic E-state index is 0. The third-order valence-corrected chi connectivity index (χ3v) is 4.67. The first-order valence-electron chi connectivity index (χ1n) is 6.40. The van der Waals surface area contributed by atoms with Crippen molar-refractivity contribution in [2.45, 2.75) is 5.16 Å². The van der Waals surface area contributed by atoms with E-state index in [0.29, 0.717) is 0 Å². The maximum atomic E-state index is 5.20. The van der Waals surface area contributed by atoms with E-state index >= 15 is 0 Å². The van der Waals surface area contributed by atoms with Gasteiger partial charge in [0.1, 0.15) is 5.75 Å². The number of hydrogen-bond donors (Lipinski definition) is 0. The van der Waals surface area contributed by atoms with Gasteiger partial charge in [-0.2, -0.15) is 0 Å². The van der Waals surface area contributed by atoms with Gasteiger partial charge in [0, 0.05) is 12.7 Å². The summed E-state index contributed by atoms with van der Waals surface area (Å²) in [6.07, 6.45) is 1.99. The quantitative estimate of drug-likeness (QED) is 0.505. The molecular weight excluding hydrogens is 338 g/mol. The Morgan fingerprint density at radius 3 is 2.50 bits per heavy atom. The Morgan fingerprint density at radius 2 is 1.86 bits per heavy atom. The molecule has 0 spiro atoms. The molecule has 2 aromatic heterocycles. The maximum absolute atomic E-state index is 5.20. The Morgan fingerprint density at radius 1 is 1.14 bits per heavy atom. The van der Waals surface area contributed by atoms with E-state index < -0.39 is 0 Å². The molecule has 0 unspecified atom stereocenters. The van der Waals surface area contributed by atoms with Crippen molar-refractivity contribution in [3.8, 4) is 5.75 Å². The number of rotatable bonds is 4. The zero-order valence-electron chi connectivity index (χ0n) is 12.4. The summed E-state index contributed by atoms with van der Waals surface area (Å²) in [6.45, 7) is 0. The Hall–Kier alpha value is -1.50. The fourth-order valence-corrected chi connectivity index (χ4v) is 3.30. The van der Waals surface area contributed by atoms with Gasteiger partial charge in [0.25, 0.3) is 0 Å². The first-order valence-corrected chi connectivity index (χ1v) is 8.50. The number of nitrogens with zero attached hydrogens (tertiary/aromatic N) is 3. The largest absolute Gasteiger partial charge is 0.497 e. The van der Waals surface area contributed by atoms with Gasteiger partial charge in [0.2, 0.25) is 0 Å². The van der Waals surface area contributed by atoms with Gasteiger partial charge in [0.15, 0.2) is 11.0 Å². The van der Waals surface area contributed by atoms with E-state index in [2.05, 4.69) is 20.2 Å². The van der Waals surface area contributed by atoms with Crippen molar-refractivity contribution in [1.82, 2.24) is 9.97 Å². The van der Waals surface area contributed by atoms with Crippen molar-refractivity contribution < 1.29 is 4.74 Å². The Labute approximate surface area is 143 Å². The number of ether oxygens (including phenoxy) is 1. The number of halogens is 1. The third kappa shape index (κ3) is 3.14. The number of hydrogen-bond acceptors (Lipinski definition) is 6. The normalized spacial score (nSPS) is 10.3. The molecule has 0 radical (unpaired) electrons. The second-order valence-electron chi connectivity index (χ2n) is 4.43. The SMILES string of the molecule is COc1ccc(N(C)c2nc(SC)nc3ccsc23)cc1.Cl. The number of thiophene rings is 1. The van der Waals surface area contributed by atoms with Crippen molar-refractivity contribution in [3.05, 3.63) is 35.7 Å². The Bertz CT molecular complexity index is 761. The van der Waals surface area contributed by atoms with Gasteiger partial charge in [-0.3, -0.25) is 0 Å². The summed E-state index contributed by atoms with van der Waals surface area (Å²) in [4.78, 5) is 11.3. The van der Waals surface area contributed by atoms with Gasteiger partial charge in [-0.25, -0.2) is 9.97 Å². The fourth-order valence-electron chi connectivity index (χ4n) is 2.07. The number of anilines is 2. The van der Waals surface area contributed by atoms with Gasteiger partial charge >= 0.3 is 0 Å². The number of benzene rings is 1. The molecular formula is C15H16ClN3OS2. The molecule has 0 bridgehead atoms. The summed E-state index contributed by atoms with van der Waals surface area (Å²) < 4.78 is 6.31. The van der Waals surface area contributed by atoms with Crippen LogP contribution in [0.25, 0.3) is 10.2 Å². The molecule has 4 nitrogen and oxygen atoms in total. The van der Waals surface area contributed by atoms with E-state index in [1.54, 1.807) is 30.2 Å². The molecule has 0 N–H and O–H groups in total. The van der Waals surface area contributed by atoms with Gasteiger partial charge in [-0.1, -0.05) is 11.8 Å². The first kappa shape index (κ1) is 16.9. The van der Waals surface area contributed by atoms with Crippen LogP contribution in [0.15, 0.2) is 40.9 Å². The van der Waals surface area contributed by atoms with Crippen LogP contribution >= 0.6 is 35.5 Å². The van der Waals surface area contributed by atoms with E-state index in [1.807, 2.05) is 43.6 Å². The summed E-state index contributed by atoms with van der Waals surface area (Å²) in [5.74, 6) is 1.78. The first-order chi connectivity index (χ1) is 10.2. The summed E-state index contributed by atoms with van der Waals surface area (Å²) in [5, 5.41) is 2.84. The van der Waals surface area contributed by atoms with Crippen LogP contribution in [0.1, 0.15) is 0 Å². The molecule has 0 aliphatic heterocycles. The maximum Gasteiger partial charge on any atom is 0.189 e. The lowest BCUT2D eigenvalue weighted by molar-refractivity contribution is 0.415. The monoisotopic (exact) mass is 353 g/mol. The zero-order valence-corrected chi connectivity index (χ0v) is 14.9. The summed E-state index contributed by atoms with van der Waals surface area (Å²) >= 11 is 3.22. The van der Waals surface area contributed by atoms with E-state index in [4.69, 9.17) is 4.74 Å². The molecule has 0 saturated heterocycles. The minimum absolute atomic E-state index is 0. The number of thioether (sulfide) groups is 1. The van der Waals surface area contributed by atoms with Crippen LogP contribution in [-0.2, 0) is 0 Å². The molecule has 7 heteroatoms. The van der Waals surface area contributed by atoms with Crippen LogP contribution in [0.5, 0.6) is 5.75 Å². The predicted molar refractivity (Wildman–Crippen MR) is 97.5 cm³/mol. The lowest BCUT2D eigenvalue weighted by atomic mass is 10.3. The summed E-state index contributed by atoms with van der Waals surface area (Å²) in [5.41, 5.74) is 2.06. The van der Waals surface area contributed by atoms with Gasteiger partial charge < -0.3 is 9.64 Å². The van der Waals surface area contributed by atoms with Crippen LogP contribution in [0.4, 0.5) is 11.5 Å². The highest BCUT2D eigenvalue weighted by Crippen LogP contribution is 2.34. The van der Waals surface area contributed by atoms with Crippen molar-refractivity contribution in [3.63, 3.8) is 0 Å². The van der Waals surface area contributed by atoms with Crippen molar-refractivity contribution in [2.75, 3.05) is 25.3 Å². The van der Waals surface area contributed by atoms with Crippen molar-refractivity contribution >= 4 is 57.2 Å². The molecule has 3 rings (SSSR count). The highest BCUT2D eigenvalue weighted by molar-refractivity contribution is 7.98. The van der Waals surface area contributed by atoms with Crippen molar-refractivity contribution in [2.24, 2.45) is 0 Å². The smallest absolute Gasteiger partial charge is 0.189 e. The van der Waals surface area contributed by atoms with Crippen LogP contribution < -0.4 is 9.64 Å². The molecule has 22 heavy (non-hydrogen) atoms. The van der Waals surface area contributed by atoms with Crippen LogP contribution in [0.2, 0.25) is 0 Å². The Balaban J connectivity index is 0.00000176. The van der Waals surface area contributed by atoms with Crippen LogP contribution in [0.3, 0.4) is 0 Å². The standard InChI is InChI=1S/C15H15N3OS2.ClH/c1-18(10-4-6-11(19-2)7-5-10)14-13-12(8-9-21-13)16-15(17-14)20-3;/h4-9H,1-3H3;1H. The van der Waals surface area contributed by atoms with Gasteiger partial charge in [0.05, 0.1) is 17.3 Å². The lowest BCUT2D eigenvalue weighted by Crippen LogP contribution is -2.12. The minimum Gasteiger partial charge on any atom is -0.497 e. The molecule has 0 atom stereocenters. The van der Waals surface area contributed by atoms with E-state index in [-0.39, 0.29) is 12.4 Å². The van der Waals surface area contributed by atoms with E-state index in [1.165, 1.54) is 0 Å². The molecule has 0 fully saturated rings. The number of fused-ring (bicyclic) bond motifs is 1. The average Bonchev–Trinajstić information content (AvgIpc) is 3.01. The highest BCUT2D eigenvalue weighted by Gasteiger charge is 2.14. The van der Waals surface area contributed by atoms with Gasteiger partial charge in [-0.05, 0) is 42.0 Å². The van der Waals surface area contributed by atoms with E-state index in [0.717, 1.165) is 32.6 Å². The fraction of sp³-hybridized carbons (Fsp3) is 0.200. The predicted octanol–water partition coefficient (Wildman–Crippen LogP) is 4.61. The molecule has 0 aliphatic rings. The highest BCUT2D eigenvalue weighted by atomic mass is 35.5. The number of aromatic nitrogens is 2. The number of methoxy groups -OCH3 is 1. The molecule has 1 aromatic carbocycles.